The van der Waals surface area contributed by atoms with Gasteiger partial charge < -0.3 is 4.90 Å². The van der Waals surface area contributed by atoms with Gasteiger partial charge in [0, 0.05) is 37.8 Å². The molecule has 0 radical (unpaired) electrons. The number of carbonyl (C=O) groups is 2. The molecule has 0 N–H and O–H groups in total. The van der Waals surface area contributed by atoms with Gasteiger partial charge >= 0.3 is 0 Å². The van der Waals surface area contributed by atoms with Gasteiger partial charge in [-0.1, -0.05) is 12.8 Å². The molecular formula is C15H25NO2. The van der Waals surface area contributed by atoms with E-state index in [1.165, 1.54) is 12.8 Å². The van der Waals surface area contributed by atoms with Gasteiger partial charge in [-0.05, 0) is 32.7 Å². The lowest BCUT2D eigenvalue weighted by molar-refractivity contribution is -0.125. The predicted molar refractivity (Wildman–Crippen MR) is 71.4 cm³/mol. The molecule has 3 heteroatoms. The molecule has 0 bridgehead atoms. The van der Waals surface area contributed by atoms with Gasteiger partial charge in [0.2, 0.25) is 0 Å². The van der Waals surface area contributed by atoms with Crippen LogP contribution in [0.3, 0.4) is 0 Å². The molecule has 2 aliphatic carbocycles. The first kappa shape index (κ1) is 13.7. The van der Waals surface area contributed by atoms with Crippen LogP contribution in [0.1, 0.15) is 51.4 Å². The van der Waals surface area contributed by atoms with Crippen LogP contribution in [-0.4, -0.2) is 36.6 Å². The molecule has 0 aromatic rings. The third kappa shape index (κ3) is 3.64. The second-order valence-electron chi connectivity index (χ2n) is 6.04. The fourth-order valence-corrected chi connectivity index (χ4v) is 3.32. The standard InChI is InChI=1S/C15H25NO2/c1-16(10-12-6-2-4-8-14(12)17)11-13-7-3-5-9-15(13)18/h12-13H,2-11H2,1H3. The Kier molecular flexibility index (Phi) is 4.93. The van der Waals surface area contributed by atoms with Gasteiger partial charge in [-0.15, -0.1) is 0 Å². The molecule has 2 atom stereocenters. The summed E-state index contributed by atoms with van der Waals surface area (Å²) in [5, 5.41) is 0. The molecule has 3 nitrogen and oxygen atoms in total. The zero-order chi connectivity index (χ0) is 13.0. The Hall–Kier alpha value is -0.700. The predicted octanol–water partition coefficient (Wildman–Crippen LogP) is 2.44. The Morgan fingerprint density at radius 3 is 1.72 bits per heavy atom. The molecule has 0 amide bonds. The largest absolute Gasteiger partial charge is 0.305 e. The van der Waals surface area contributed by atoms with Gasteiger partial charge in [0.05, 0.1) is 0 Å². The summed E-state index contributed by atoms with van der Waals surface area (Å²) in [6.45, 7) is 1.70. The van der Waals surface area contributed by atoms with E-state index in [2.05, 4.69) is 11.9 Å². The number of hydrogen-bond acceptors (Lipinski definition) is 3. The second-order valence-corrected chi connectivity index (χ2v) is 6.04. The Morgan fingerprint density at radius 2 is 1.33 bits per heavy atom. The Bertz CT molecular complexity index is 284. The smallest absolute Gasteiger partial charge is 0.137 e. The van der Waals surface area contributed by atoms with E-state index in [1.807, 2.05) is 0 Å². The molecular weight excluding hydrogens is 226 g/mol. The number of ketones is 2. The van der Waals surface area contributed by atoms with Crippen LogP contribution in [0.15, 0.2) is 0 Å². The van der Waals surface area contributed by atoms with Gasteiger partial charge in [-0.2, -0.15) is 0 Å². The topological polar surface area (TPSA) is 37.4 Å². The first-order valence-corrected chi connectivity index (χ1v) is 7.41. The minimum atomic E-state index is 0.224. The van der Waals surface area contributed by atoms with Crippen LogP contribution in [-0.2, 0) is 9.59 Å². The molecule has 0 heterocycles. The van der Waals surface area contributed by atoms with E-state index in [4.69, 9.17) is 0 Å². The highest BCUT2D eigenvalue weighted by Gasteiger charge is 2.27. The normalized spacial score (nSPS) is 29.9. The van der Waals surface area contributed by atoms with E-state index < -0.39 is 0 Å². The van der Waals surface area contributed by atoms with E-state index in [-0.39, 0.29) is 11.8 Å². The van der Waals surface area contributed by atoms with Crippen LogP contribution in [0.4, 0.5) is 0 Å². The summed E-state index contributed by atoms with van der Waals surface area (Å²) in [5.74, 6) is 1.32. The monoisotopic (exact) mass is 251 g/mol. The van der Waals surface area contributed by atoms with Crippen LogP contribution < -0.4 is 0 Å². The van der Waals surface area contributed by atoms with Crippen LogP contribution in [0.2, 0.25) is 0 Å². The number of rotatable bonds is 4. The number of hydrogen-bond donors (Lipinski definition) is 0. The van der Waals surface area contributed by atoms with Crippen molar-refractivity contribution in [3.8, 4) is 0 Å². The number of carbonyl (C=O) groups excluding carboxylic acids is 2. The highest BCUT2D eigenvalue weighted by Crippen LogP contribution is 2.24. The molecule has 0 aromatic heterocycles. The number of Topliss-reactive ketones (excluding diaryl/α,β-unsaturated/α-hetero) is 2. The van der Waals surface area contributed by atoms with Crippen molar-refractivity contribution in [3.05, 3.63) is 0 Å². The molecule has 0 aromatic carbocycles. The SMILES string of the molecule is CN(CC1CCCCC1=O)CC1CCCCC1=O. The van der Waals surface area contributed by atoms with E-state index >= 15 is 0 Å². The summed E-state index contributed by atoms with van der Waals surface area (Å²) in [6, 6.07) is 0. The molecule has 2 aliphatic rings. The molecule has 2 unspecified atom stereocenters. The van der Waals surface area contributed by atoms with Crippen molar-refractivity contribution in [1.82, 2.24) is 4.90 Å². The quantitative estimate of drug-likeness (QED) is 0.770. The first-order chi connectivity index (χ1) is 8.66. The zero-order valence-electron chi connectivity index (χ0n) is 11.5. The van der Waals surface area contributed by atoms with Gasteiger partial charge in [0.25, 0.3) is 0 Å². The van der Waals surface area contributed by atoms with Crippen LogP contribution >= 0.6 is 0 Å². The Labute approximate surface area is 110 Å². The maximum absolute atomic E-state index is 11.8. The number of nitrogens with zero attached hydrogens (tertiary/aromatic N) is 1. The van der Waals surface area contributed by atoms with Crippen molar-refractivity contribution in [2.45, 2.75) is 51.4 Å². The molecule has 0 saturated heterocycles. The minimum absolute atomic E-state index is 0.224. The summed E-state index contributed by atoms with van der Waals surface area (Å²) in [7, 11) is 2.06. The lowest BCUT2D eigenvalue weighted by Gasteiger charge is -2.29. The summed E-state index contributed by atoms with van der Waals surface area (Å²) >= 11 is 0. The lowest BCUT2D eigenvalue weighted by atomic mass is 9.86. The van der Waals surface area contributed by atoms with Crippen molar-refractivity contribution in [2.24, 2.45) is 11.8 Å². The maximum Gasteiger partial charge on any atom is 0.137 e. The molecule has 2 fully saturated rings. The lowest BCUT2D eigenvalue weighted by Crippen LogP contribution is -2.37. The molecule has 2 rings (SSSR count). The fraction of sp³-hybridized carbons (Fsp3) is 0.867. The average molecular weight is 251 g/mol. The third-order valence-corrected chi connectivity index (χ3v) is 4.43. The molecule has 102 valence electrons. The van der Waals surface area contributed by atoms with Gasteiger partial charge in [-0.3, -0.25) is 9.59 Å². The summed E-state index contributed by atoms with van der Waals surface area (Å²) in [4.78, 5) is 25.8. The Morgan fingerprint density at radius 1 is 0.889 bits per heavy atom. The Balaban J connectivity index is 1.78. The summed E-state index contributed by atoms with van der Waals surface area (Å²) in [6.07, 6.45) is 8.13. The second kappa shape index (κ2) is 6.46. The molecule has 0 aliphatic heterocycles. The van der Waals surface area contributed by atoms with Crippen molar-refractivity contribution in [2.75, 3.05) is 20.1 Å². The molecule has 18 heavy (non-hydrogen) atoms. The average Bonchev–Trinajstić information content (AvgIpc) is 2.35. The highest BCUT2D eigenvalue weighted by molar-refractivity contribution is 5.82. The van der Waals surface area contributed by atoms with Crippen LogP contribution in [0.25, 0.3) is 0 Å². The third-order valence-electron chi connectivity index (χ3n) is 4.43. The molecule has 2 saturated carbocycles. The van der Waals surface area contributed by atoms with E-state index in [0.29, 0.717) is 11.6 Å². The van der Waals surface area contributed by atoms with E-state index in [0.717, 1.165) is 51.6 Å². The highest BCUT2D eigenvalue weighted by atomic mass is 16.1. The minimum Gasteiger partial charge on any atom is -0.305 e. The van der Waals surface area contributed by atoms with Gasteiger partial charge in [0.15, 0.2) is 0 Å². The van der Waals surface area contributed by atoms with Gasteiger partial charge in [-0.25, -0.2) is 0 Å². The summed E-state index contributed by atoms with van der Waals surface area (Å²) < 4.78 is 0. The zero-order valence-corrected chi connectivity index (χ0v) is 11.5. The van der Waals surface area contributed by atoms with E-state index in [9.17, 15) is 9.59 Å². The van der Waals surface area contributed by atoms with Crippen molar-refractivity contribution in [3.63, 3.8) is 0 Å². The van der Waals surface area contributed by atoms with Crippen molar-refractivity contribution >= 4 is 11.6 Å². The van der Waals surface area contributed by atoms with Crippen molar-refractivity contribution in [1.29, 1.82) is 0 Å². The fourth-order valence-electron chi connectivity index (χ4n) is 3.32. The van der Waals surface area contributed by atoms with Crippen LogP contribution in [0, 0.1) is 11.8 Å². The first-order valence-electron chi connectivity index (χ1n) is 7.41. The molecule has 0 spiro atoms. The van der Waals surface area contributed by atoms with Crippen molar-refractivity contribution < 1.29 is 9.59 Å². The summed E-state index contributed by atoms with van der Waals surface area (Å²) in [5.41, 5.74) is 0. The van der Waals surface area contributed by atoms with Crippen LogP contribution in [0.5, 0.6) is 0 Å². The maximum atomic E-state index is 11.8. The van der Waals surface area contributed by atoms with Gasteiger partial charge in [0.1, 0.15) is 11.6 Å². The van der Waals surface area contributed by atoms with E-state index in [1.54, 1.807) is 0 Å².